The maximum atomic E-state index is 4.65. The van der Waals surface area contributed by atoms with Gasteiger partial charge >= 0.3 is 0 Å². The van der Waals surface area contributed by atoms with Crippen molar-refractivity contribution in [2.75, 3.05) is 0 Å². The lowest BCUT2D eigenvalue weighted by atomic mass is 10.1. The summed E-state index contributed by atoms with van der Waals surface area (Å²) in [5, 5.41) is 0. The zero-order valence-corrected chi connectivity index (χ0v) is 14.1. The van der Waals surface area contributed by atoms with E-state index in [2.05, 4.69) is 21.5 Å². The molecule has 0 amide bonds. The third-order valence-electron chi connectivity index (χ3n) is 3.59. The Hall–Kier alpha value is -3.33. The van der Waals surface area contributed by atoms with Crippen molar-refractivity contribution in [1.29, 1.82) is 0 Å². The predicted octanol–water partition coefficient (Wildman–Crippen LogP) is 5.35. The van der Waals surface area contributed by atoms with E-state index < -0.39 is 0 Å². The minimum Gasteiger partial charge on any atom is -0.208 e. The summed E-state index contributed by atoms with van der Waals surface area (Å²) in [6, 6.07) is 19.8. The first-order valence-electron chi connectivity index (χ1n) is 8.13. The fourth-order valence-electron chi connectivity index (χ4n) is 2.31. The molecule has 122 valence electrons. The molecule has 0 spiro atoms. The van der Waals surface area contributed by atoms with Gasteiger partial charge in [0.2, 0.25) is 0 Å². The van der Waals surface area contributed by atoms with Gasteiger partial charge < -0.3 is 0 Å². The number of allylic oxidation sites excluding steroid dienone is 5. The first-order valence-corrected chi connectivity index (χ1v) is 8.13. The van der Waals surface area contributed by atoms with Crippen LogP contribution in [0.3, 0.4) is 0 Å². The van der Waals surface area contributed by atoms with E-state index in [1.54, 1.807) is 0 Å². The molecule has 3 aromatic rings. The van der Waals surface area contributed by atoms with Gasteiger partial charge in [0.15, 0.2) is 17.5 Å². The molecular formula is C22H19N3. The van der Waals surface area contributed by atoms with Crippen molar-refractivity contribution in [2.45, 2.75) is 6.92 Å². The van der Waals surface area contributed by atoms with Crippen molar-refractivity contribution >= 4 is 5.57 Å². The SMILES string of the molecule is C=C(/C=C\C=C/C)c1nc(-c2ccccc2)nc(-c2ccccc2)n1. The second kappa shape index (κ2) is 7.97. The summed E-state index contributed by atoms with van der Waals surface area (Å²) >= 11 is 0. The second-order valence-corrected chi connectivity index (χ2v) is 5.45. The molecule has 0 N–H and O–H groups in total. The molecule has 0 unspecified atom stereocenters. The quantitative estimate of drug-likeness (QED) is 0.593. The maximum Gasteiger partial charge on any atom is 0.164 e. The van der Waals surface area contributed by atoms with E-state index in [-0.39, 0.29) is 0 Å². The molecule has 0 saturated carbocycles. The smallest absolute Gasteiger partial charge is 0.164 e. The van der Waals surface area contributed by atoms with Crippen LogP contribution in [-0.2, 0) is 0 Å². The standard InChI is InChI=1S/C22H19N3/c1-3-4-7-12-17(2)20-23-21(18-13-8-5-9-14-18)25-22(24-20)19-15-10-6-11-16-19/h3-16H,2H2,1H3/b4-3-,12-7-. The zero-order valence-electron chi connectivity index (χ0n) is 14.1. The Morgan fingerprint density at radius 1 is 0.760 bits per heavy atom. The number of benzene rings is 2. The topological polar surface area (TPSA) is 38.7 Å². The van der Waals surface area contributed by atoms with Crippen molar-refractivity contribution in [3.8, 4) is 22.8 Å². The van der Waals surface area contributed by atoms with Crippen molar-refractivity contribution in [2.24, 2.45) is 0 Å². The molecule has 1 aromatic heterocycles. The molecule has 0 aliphatic heterocycles. The van der Waals surface area contributed by atoms with Gasteiger partial charge in [0.1, 0.15) is 0 Å². The number of aromatic nitrogens is 3. The average Bonchev–Trinajstić information content (AvgIpc) is 2.69. The van der Waals surface area contributed by atoms with Crippen LogP contribution in [0.1, 0.15) is 12.7 Å². The Kier molecular flexibility index (Phi) is 5.27. The van der Waals surface area contributed by atoms with Crippen LogP contribution in [0, 0.1) is 0 Å². The lowest BCUT2D eigenvalue weighted by Gasteiger charge is -2.08. The van der Waals surface area contributed by atoms with Crippen LogP contribution < -0.4 is 0 Å². The fraction of sp³-hybridized carbons (Fsp3) is 0.0455. The molecule has 1 heterocycles. The minimum absolute atomic E-state index is 0.577. The minimum atomic E-state index is 0.577. The Labute approximate surface area is 148 Å². The Morgan fingerprint density at radius 2 is 1.28 bits per heavy atom. The van der Waals surface area contributed by atoms with E-state index >= 15 is 0 Å². The number of rotatable bonds is 5. The highest BCUT2D eigenvalue weighted by atomic mass is 15.0. The van der Waals surface area contributed by atoms with E-state index in [0.29, 0.717) is 17.5 Å². The van der Waals surface area contributed by atoms with Crippen molar-refractivity contribution in [1.82, 2.24) is 15.0 Å². The van der Waals surface area contributed by atoms with Crippen LogP contribution in [-0.4, -0.2) is 15.0 Å². The summed E-state index contributed by atoms with van der Waals surface area (Å²) in [6.45, 7) is 6.06. The zero-order chi connectivity index (χ0) is 17.5. The largest absolute Gasteiger partial charge is 0.208 e. The van der Waals surface area contributed by atoms with Gasteiger partial charge in [-0.2, -0.15) is 0 Å². The third-order valence-corrected chi connectivity index (χ3v) is 3.59. The number of hydrogen-bond donors (Lipinski definition) is 0. The van der Waals surface area contributed by atoms with Gasteiger partial charge in [-0.1, -0.05) is 91.5 Å². The normalized spacial score (nSPS) is 11.2. The molecule has 3 heteroatoms. The second-order valence-electron chi connectivity index (χ2n) is 5.45. The molecule has 0 fully saturated rings. The highest BCUT2D eigenvalue weighted by molar-refractivity contribution is 5.71. The summed E-state index contributed by atoms with van der Waals surface area (Å²) in [5.41, 5.74) is 2.65. The number of hydrogen-bond acceptors (Lipinski definition) is 3. The van der Waals surface area contributed by atoms with Crippen LogP contribution in [0.15, 0.2) is 91.5 Å². The summed E-state index contributed by atoms with van der Waals surface area (Å²) in [7, 11) is 0. The molecule has 3 rings (SSSR count). The molecule has 0 atom stereocenters. The van der Waals surface area contributed by atoms with Crippen molar-refractivity contribution in [3.63, 3.8) is 0 Å². The van der Waals surface area contributed by atoms with Gasteiger partial charge in [0.25, 0.3) is 0 Å². The molecule has 0 aliphatic rings. The Morgan fingerprint density at radius 3 is 1.76 bits per heavy atom. The maximum absolute atomic E-state index is 4.65. The first-order chi connectivity index (χ1) is 12.3. The van der Waals surface area contributed by atoms with Crippen LogP contribution in [0.4, 0.5) is 0 Å². The van der Waals surface area contributed by atoms with Crippen molar-refractivity contribution < 1.29 is 0 Å². The molecule has 2 aromatic carbocycles. The van der Waals surface area contributed by atoms with Gasteiger partial charge in [-0.25, -0.2) is 15.0 Å². The first kappa shape index (κ1) is 16.5. The molecule has 0 aliphatic carbocycles. The highest BCUT2D eigenvalue weighted by Crippen LogP contribution is 2.22. The van der Waals surface area contributed by atoms with Gasteiger partial charge in [-0.3, -0.25) is 0 Å². The van der Waals surface area contributed by atoms with Gasteiger partial charge in [0.05, 0.1) is 0 Å². The van der Waals surface area contributed by atoms with E-state index in [4.69, 9.17) is 0 Å². The van der Waals surface area contributed by atoms with E-state index in [1.165, 1.54) is 0 Å². The average molecular weight is 325 g/mol. The van der Waals surface area contributed by atoms with Crippen LogP contribution in [0.25, 0.3) is 28.3 Å². The molecule has 25 heavy (non-hydrogen) atoms. The van der Waals surface area contributed by atoms with Crippen LogP contribution >= 0.6 is 0 Å². The molecule has 0 bridgehead atoms. The summed E-state index contributed by atoms with van der Waals surface area (Å²) in [4.78, 5) is 13.9. The lowest BCUT2D eigenvalue weighted by Crippen LogP contribution is -2.01. The third kappa shape index (κ3) is 4.15. The molecule has 0 saturated heterocycles. The Balaban J connectivity index is 2.10. The summed E-state index contributed by atoms with van der Waals surface area (Å²) in [6.07, 6.45) is 7.74. The fourth-order valence-corrected chi connectivity index (χ4v) is 2.31. The molecule has 3 nitrogen and oxygen atoms in total. The van der Waals surface area contributed by atoms with Gasteiger partial charge in [0, 0.05) is 16.7 Å². The summed E-state index contributed by atoms with van der Waals surface area (Å²) in [5.74, 6) is 1.86. The van der Waals surface area contributed by atoms with Crippen molar-refractivity contribution in [3.05, 3.63) is 97.4 Å². The monoisotopic (exact) mass is 325 g/mol. The van der Waals surface area contributed by atoms with Crippen LogP contribution in [0.5, 0.6) is 0 Å². The predicted molar refractivity (Wildman–Crippen MR) is 104 cm³/mol. The lowest BCUT2D eigenvalue weighted by molar-refractivity contribution is 1.04. The van der Waals surface area contributed by atoms with E-state index in [1.807, 2.05) is 91.9 Å². The van der Waals surface area contributed by atoms with Crippen LogP contribution in [0.2, 0.25) is 0 Å². The molecular weight excluding hydrogens is 306 g/mol. The van der Waals surface area contributed by atoms with E-state index in [0.717, 1.165) is 16.7 Å². The number of nitrogens with zero attached hydrogens (tertiary/aromatic N) is 3. The van der Waals surface area contributed by atoms with Gasteiger partial charge in [-0.05, 0) is 6.92 Å². The Bertz CT molecular complexity index is 853. The summed E-state index contributed by atoms with van der Waals surface area (Å²) < 4.78 is 0. The van der Waals surface area contributed by atoms with E-state index in [9.17, 15) is 0 Å². The highest BCUT2D eigenvalue weighted by Gasteiger charge is 2.11. The van der Waals surface area contributed by atoms with Gasteiger partial charge in [-0.15, -0.1) is 0 Å². The molecule has 0 radical (unpaired) electrons.